The fourth-order valence-electron chi connectivity index (χ4n) is 1.23. The van der Waals surface area contributed by atoms with E-state index < -0.39 is 11.9 Å². The average molecular weight is 288 g/mol. The number of halogens is 2. The van der Waals surface area contributed by atoms with Gasteiger partial charge >= 0.3 is 0 Å². The zero-order chi connectivity index (χ0) is 10.8. The molecule has 78 valence electrons. The van der Waals surface area contributed by atoms with E-state index in [0.717, 1.165) is 4.47 Å². The number of aromatic nitrogens is 1. The normalized spacial score (nSPS) is 12.7. The molecule has 0 aromatic carbocycles. The molecule has 2 aromatic rings. The van der Waals surface area contributed by atoms with Gasteiger partial charge in [0.15, 0.2) is 0 Å². The number of hydrogen-bond acceptors (Lipinski definition) is 3. The molecular formula is C10H7BrFNOS. The molecule has 1 atom stereocenters. The van der Waals surface area contributed by atoms with Crippen LogP contribution in [0.3, 0.4) is 0 Å². The molecule has 0 bridgehead atoms. The Hall–Kier alpha value is -0.780. The predicted molar refractivity (Wildman–Crippen MR) is 60.3 cm³/mol. The molecule has 0 aliphatic rings. The summed E-state index contributed by atoms with van der Waals surface area (Å²) >= 11 is 4.73. The predicted octanol–water partition coefficient (Wildman–Crippen LogP) is 3.13. The van der Waals surface area contributed by atoms with E-state index in [2.05, 4.69) is 20.9 Å². The van der Waals surface area contributed by atoms with Gasteiger partial charge in [-0.2, -0.15) is 11.3 Å². The lowest BCUT2D eigenvalue weighted by atomic mass is 10.1. The highest BCUT2D eigenvalue weighted by Gasteiger charge is 2.18. The van der Waals surface area contributed by atoms with Crippen LogP contribution in [0.25, 0.3) is 0 Å². The van der Waals surface area contributed by atoms with Crippen molar-refractivity contribution in [1.82, 2.24) is 4.98 Å². The Labute approximate surface area is 98.5 Å². The van der Waals surface area contributed by atoms with Crippen LogP contribution >= 0.6 is 27.3 Å². The lowest BCUT2D eigenvalue weighted by molar-refractivity contribution is 0.209. The molecule has 2 aromatic heterocycles. The van der Waals surface area contributed by atoms with Crippen molar-refractivity contribution in [3.8, 4) is 0 Å². The van der Waals surface area contributed by atoms with Crippen molar-refractivity contribution in [2.45, 2.75) is 6.10 Å². The summed E-state index contributed by atoms with van der Waals surface area (Å²) in [5.74, 6) is -0.497. The topological polar surface area (TPSA) is 33.1 Å². The number of aliphatic hydroxyl groups is 1. The zero-order valence-electron chi connectivity index (χ0n) is 7.52. The van der Waals surface area contributed by atoms with Gasteiger partial charge in [0.2, 0.25) is 0 Å². The highest BCUT2D eigenvalue weighted by molar-refractivity contribution is 9.10. The lowest BCUT2D eigenvalue weighted by Gasteiger charge is -2.09. The van der Waals surface area contributed by atoms with Crippen LogP contribution in [0.1, 0.15) is 17.4 Å². The van der Waals surface area contributed by atoms with Gasteiger partial charge in [-0.1, -0.05) is 0 Å². The Bertz CT molecular complexity index is 474. The minimum absolute atomic E-state index is 0.0524. The lowest BCUT2D eigenvalue weighted by Crippen LogP contribution is -2.04. The molecule has 0 saturated carbocycles. The third-order valence-corrected chi connectivity index (χ3v) is 3.73. The molecule has 5 heteroatoms. The van der Waals surface area contributed by atoms with E-state index in [1.54, 1.807) is 5.38 Å². The maximum Gasteiger partial charge on any atom is 0.147 e. The maximum atomic E-state index is 13.3. The summed E-state index contributed by atoms with van der Waals surface area (Å²) in [6, 6.07) is 2.78. The van der Waals surface area contributed by atoms with Gasteiger partial charge < -0.3 is 5.11 Å². The van der Waals surface area contributed by atoms with Crippen molar-refractivity contribution in [2.24, 2.45) is 0 Å². The summed E-state index contributed by atoms with van der Waals surface area (Å²) in [5, 5.41) is 13.5. The van der Waals surface area contributed by atoms with Crippen molar-refractivity contribution in [3.05, 3.63) is 50.6 Å². The van der Waals surface area contributed by atoms with Crippen molar-refractivity contribution >= 4 is 27.3 Å². The second kappa shape index (κ2) is 4.38. The second-order valence-electron chi connectivity index (χ2n) is 2.95. The molecule has 0 fully saturated rings. The van der Waals surface area contributed by atoms with E-state index in [4.69, 9.17) is 0 Å². The molecule has 0 aliphatic carbocycles. The van der Waals surface area contributed by atoms with Crippen molar-refractivity contribution in [1.29, 1.82) is 0 Å². The number of thiophene rings is 1. The second-order valence-corrected chi connectivity index (χ2v) is 4.55. The van der Waals surface area contributed by atoms with Crippen molar-refractivity contribution in [3.63, 3.8) is 0 Å². The van der Waals surface area contributed by atoms with Gasteiger partial charge in [-0.05, 0) is 33.4 Å². The number of hydrogen-bond donors (Lipinski definition) is 1. The van der Waals surface area contributed by atoms with E-state index in [1.807, 2.05) is 5.38 Å². The molecule has 1 N–H and O–H groups in total. The van der Waals surface area contributed by atoms with Crippen LogP contribution in [0.5, 0.6) is 0 Å². The Morgan fingerprint density at radius 3 is 2.87 bits per heavy atom. The molecule has 0 amide bonds. The number of nitrogens with zero attached hydrogens (tertiary/aromatic N) is 1. The van der Waals surface area contributed by atoms with Gasteiger partial charge in [0, 0.05) is 21.6 Å². The third kappa shape index (κ3) is 2.09. The van der Waals surface area contributed by atoms with Crippen molar-refractivity contribution in [2.75, 3.05) is 0 Å². The summed E-state index contributed by atoms with van der Waals surface area (Å²) < 4.78 is 14.1. The van der Waals surface area contributed by atoms with E-state index in [-0.39, 0.29) is 5.69 Å². The first kappa shape index (κ1) is 10.7. The van der Waals surface area contributed by atoms with Gasteiger partial charge in [-0.25, -0.2) is 4.39 Å². The molecule has 15 heavy (non-hydrogen) atoms. The zero-order valence-corrected chi connectivity index (χ0v) is 9.93. The van der Waals surface area contributed by atoms with Crippen LogP contribution < -0.4 is 0 Å². The van der Waals surface area contributed by atoms with Gasteiger partial charge in [0.1, 0.15) is 17.6 Å². The van der Waals surface area contributed by atoms with Gasteiger partial charge in [0.05, 0.1) is 0 Å². The smallest absolute Gasteiger partial charge is 0.147 e. The number of aliphatic hydroxyl groups excluding tert-OH is 1. The molecule has 0 radical (unpaired) electrons. The highest BCUT2D eigenvalue weighted by Crippen LogP contribution is 2.31. The van der Waals surface area contributed by atoms with E-state index in [0.29, 0.717) is 5.56 Å². The first-order valence-corrected chi connectivity index (χ1v) is 5.94. The molecule has 0 saturated heterocycles. The van der Waals surface area contributed by atoms with E-state index in [1.165, 1.54) is 29.7 Å². The largest absolute Gasteiger partial charge is 0.382 e. The van der Waals surface area contributed by atoms with Crippen LogP contribution in [0.2, 0.25) is 0 Å². The Balaban J connectivity index is 2.41. The highest BCUT2D eigenvalue weighted by atomic mass is 79.9. The van der Waals surface area contributed by atoms with Crippen LogP contribution in [-0.2, 0) is 0 Å². The summed E-state index contributed by atoms with van der Waals surface area (Å²) in [4.78, 5) is 3.83. The Kier molecular flexibility index (Phi) is 3.14. The monoisotopic (exact) mass is 287 g/mol. The molecule has 2 heterocycles. The molecule has 2 rings (SSSR count). The summed E-state index contributed by atoms with van der Waals surface area (Å²) in [5.41, 5.74) is 0.689. The maximum absolute atomic E-state index is 13.3. The average Bonchev–Trinajstić information content (AvgIpc) is 2.64. The van der Waals surface area contributed by atoms with Crippen molar-refractivity contribution < 1.29 is 9.50 Å². The molecule has 1 unspecified atom stereocenters. The van der Waals surface area contributed by atoms with E-state index >= 15 is 0 Å². The van der Waals surface area contributed by atoms with Gasteiger partial charge in [0.25, 0.3) is 0 Å². The van der Waals surface area contributed by atoms with Gasteiger partial charge in [-0.3, -0.25) is 4.98 Å². The Morgan fingerprint density at radius 1 is 1.47 bits per heavy atom. The first-order valence-electron chi connectivity index (χ1n) is 4.20. The number of pyridine rings is 1. The summed E-state index contributed by atoms with van der Waals surface area (Å²) in [6.45, 7) is 0. The summed E-state index contributed by atoms with van der Waals surface area (Å²) in [6.07, 6.45) is 0.439. The van der Waals surface area contributed by atoms with Crippen LogP contribution in [0.15, 0.2) is 33.6 Å². The molecule has 2 nitrogen and oxygen atoms in total. The van der Waals surface area contributed by atoms with Crippen LogP contribution in [0.4, 0.5) is 4.39 Å². The van der Waals surface area contributed by atoms with Gasteiger partial charge in [-0.15, -0.1) is 0 Å². The third-order valence-electron chi connectivity index (χ3n) is 1.98. The minimum atomic E-state index is -1.02. The molecule has 0 aliphatic heterocycles. The Morgan fingerprint density at radius 2 is 2.27 bits per heavy atom. The van der Waals surface area contributed by atoms with Crippen LogP contribution in [0, 0.1) is 5.82 Å². The quantitative estimate of drug-likeness (QED) is 0.921. The fourth-order valence-corrected chi connectivity index (χ4v) is 2.77. The molecular weight excluding hydrogens is 281 g/mol. The standard InChI is InChI=1S/C10H7BrFNOS/c11-7-5-15-4-6(7)10(14)9-8(12)2-1-3-13-9/h1-5,10,14H. The SMILES string of the molecule is OC(c1cscc1Br)c1ncccc1F. The fraction of sp³-hybridized carbons (Fsp3) is 0.100. The van der Waals surface area contributed by atoms with E-state index in [9.17, 15) is 9.50 Å². The van der Waals surface area contributed by atoms with Crippen LogP contribution in [-0.4, -0.2) is 10.1 Å². The first-order chi connectivity index (χ1) is 7.20. The minimum Gasteiger partial charge on any atom is -0.382 e. The molecule has 0 spiro atoms. The number of rotatable bonds is 2. The summed E-state index contributed by atoms with van der Waals surface area (Å²) in [7, 11) is 0.